The number of rotatable bonds is 9. The number of nitrogens with zero attached hydrogens (tertiary/aromatic N) is 1. The first-order valence-electron chi connectivity index (χ1n) is 11.8. The molecule has 0 spiro atoms. The van der Waals surface area contributed by atoms with Crippen LogP contribution in [0.4, 0.5) is 5.69 Å². The number of ether oxygens (including phenoxy) is 3. The van der Waals surface area contributed by atoms with E-state index in [9.17, 15) is 9.59 Å². The van der Waals surface area contributed by atoms with E-state index in [0.29, 0.717) is 61.9 Å². The van der Waals surface area contributed by atoms with E-state index in [1.165, 1.54) is 0 Å². The van der Waals surface area contributed by atoms with Gasteiger partial charge in [-0.3, -0.25) is 9.59 Å². The van der Waals surface area contributed by atoms with Crippen molar-refractivity contribution in [1.29, 1.82) is 0 Å². The lowest BCUT2D eigenvalue weighted by atomic mass is 9.95. The number of methoxy groups -OCH3 is 1. The number of likely N-dealkylation sites (tertiary alicyclic amines) is 1. The molecule has 0 atom stereocenters. The van der Waals surface area contributed by atoms with E-state index in [2.05, 4.69) is 5.32 Å². The number of hydrogen-bond acceptors (Lipinski definition) is 5. The monoisotopic (exact) mass is 474 g/mol. The third-order valence-corrected chi connectivity index (χ3v) is 5.99. The molecule has 1 saturated heterocycles. The zero-order chi connectivity index (χ0) is 24.5. The van der Waals surface area contributed by atoms with Gasteiger partial charge in [-0.2, -0.15) is 0 Å². The van der Waals surface area contributed by atoms with Crippen LogP contribution in [0.25, 0.3) is 0 Å². The summed E-state index contributed by atoms with van der Waals surface area (Å²) in [7, 11) is 1.58. The molecule has 1 heterocycles. The minimum absolute atomic E-state index is 0.0521. The van der Waals surface area contributed by atoms with Crippen molar-refractivity contribution in [3.8, 4) is 17.2 Å². The Kier molecular flexibility index (Phi) is 8.22. The minimum atomic E-state index is -0.161. The summed E-state index contributed by atoms with van der Waals surface area (Å²) in [4.78, 5) is 27.8. The molecule has 0 radical (unpaired) electrons. The number of nitrogens with one attached hydrogen (secondary N) is 1. The first-order chi connectivity index (χ1) is 17.2. The van der Waals surface area contributed by atoms with E-state index < -0.39 is 0 Å². The molecular formula is C28H30N2O5. The van der Waals surface area contributed by atoms with Gasteiger partial charge in [-0.05, 0) is 49.2 Å². The number of carbonyl (C=O) groups excluding carboxylic acids is 2. The Morgan fingerprint density at radius 2 is 1.46 bits per heavy atom. The second kappa shape index (κ2) is 11.9. The molecular weight excluding hydrogens is 444 g/mol. The molecule has 0 aromatic heterocycles. The molecule has 35 heavy (non-hydrogen) atoms. The van der Waals surface area contributed by atoms with Gasteiger partial charge in [-0.25, -0.2) is 0 Å². The van der Waals surface area contributed by atoms with Crippen LogP contribution in [0.3, 0.4) is 0 Å². The molecule has 0 bridgehead atoms. The van der Waals surface area contributed by atoms with E-state index in [1.807, 2.05) is 66.7 Å². The Labute approximate surface area is 205 Å². The number of anilines is 1. The van der Waals surface area contributed by atoms with Gasteiger partial charge in [0, 0.05) is 19.0 Å². The van der Waals surface area contributed by atoms with E-state index in [-0.39, 0.29) is 17.7 Å². The standard InChI is InChI=1S/C28H30N2O5/c1-33-26-14-8-6-12-24(26)29-27(31)21-15-17-30(18-16-21)28(32)23-11-5-7-13-25(23)35-20-19-34-22-9-3-2-4-10-22/h2-14,21H,15-20H2,1H3,(H,29,31). The van der Waals surface area contributed by atoms with Gasteiger partial charge in [0.1, 0.15) is 30.5 Å². The van der Waals surface area contributed by atoms with Gasteiger partial charge in [-0.1, -0.05) is 42.5 Å². The fraction of sp³-hybridized carbons (Fsp3) is 0.286. The van der Waals surface area contributed by atoms with E-state index in [1.54, 1.807) is 24.1 Å². The van der Waals surface area contributed by atoms with Crippen LogP contribution in [0.2, 0.25) is 0 Å². The lowest BCUT2D eigenvalue weighted by Gasteiger charge is -2.31. The van der Waals surface area contributed by atoms with Crippen LogP contribution < -0.4 is 19.5 Å². The van der Waals surface area contributed by atoms with E-state index in [0.717, 1.165) is 5.75 Å². The average Bonchev–Trinajstić information content (AvgIpc) is 2.92. The molecule has 4 rings (SSSR count). The van der Waals surface area contributed by atoms with E-state index in [4.69, 9.17) is 14.2 Å². The number of piperidine rings is 1. The molecule has 1 aliphatic rings. The van der Waals surface area contributed by atoms with Crippen molar-refractivity contribution < 1.29 is 23.8 Å². The highest BCUT2D eigenvalue weighted by Crippen LogP contribution is 2.27. The predicted octanol–water partition coefficient (Wildman–Crippen LogP) is 4.64. The number of para-hydroxylation sites is 4. The smallest absolute Gasteiger partial charge is 0.257 e. The fourth-order valence-corrected chi connectivity index (χ4v) is 4.09. The molecule has 182 valence electrons. The van der Waals surface area contributed by atoms with Gasteiger partial charge in [0.25, 0.3) is 5.91 Å². The third kappa shape index (κ3) is 6.32. The van der Waals surface area contributed by atoms with Crippen molar-refractivity contribution in [3.63, 3.8) is 0 Å². The highest BCUT2D eigenvalue weighted by Gasteiger charge is 2.29. The second-order valence-corrected chi connectivity index (χ2v) is 8.26. The number of benzene rings is 3. The Bertz CT molecular complexity index is 1130. The minimum Gasteiger partial charge on any atom is -0.495 e. The van der Waals surface area contributed by atoms with Gasteiger partial charge in [0.15, 0.2) is 0 Å². The Balaban J connectivity index is 1.29. The Morgan fingerprint density at radius 1 is 0.829 bits per heavy atom. The number of amides is 2. The van der Waals surface area contributed by atoms with Gasteiger partial charge in [0.05, 0.1) is 18.4 Å². The van der Waals surface area contributed by atoms with Crippen LogP contribution in [0.5, 0.6) is 17.2 Å². The largest absolute Gasteiger partial charge is 0.495 e. The summed E-state index contributed by atoms with van der Waals surface area (Å²) in [5.74, 6) is 1.63. The maximum absolute atomic E-state index is 13.2. The highest BCUT2D eigenvalue weighted by atomic mass is 16.5. The Morgan fingerprint density at radius 3 is 2.20 bits per heavy atom. The summed E-state index contributed by atoms with van der Waals surface area (Å²) in [6.45, 7) is 1.71. The summed E-state index contributed by atoms with van der Waals surface area (Å²) in [5.41, 5.74) is 1.17. The van der Waals surface area contributed by atoms with E-state index >= 15 is 0 Å². The van der Waals surface area contributed by atoms with Crippen molar-refractivity contribution in [3.05, 3.63) is 84.4 Å². The normalized spacial score (nSPS) is 13.7. The third-order valence-electron chi connectivity index (χ3n) is 5.99. The lowest BCUT2D eigenvalue weighted by Crippen LogP contribution is -2.41. The van der Waals surface area contributed by atoms with Crippen LogP contribution in [-0.4, -0.2) is 50.1 Å². The molecule has 1 aliphatic heterocycles. The molecule has 0 unspecified atom stereocenters. The average molecular weight is 475 g/mol. The number of carbonyl (C=O) groups is 2. The second-order valence-electron chi connectivity index (χ2n) is 8.26. The molecule has 3 aromatic rings. The van der Waals surface area contributed by atoms with Gasteiger partial charge < -0.3 is 24.4 Å². The SMILES string of the molecule is COc1ccccc1NC(=O)C1CCN(C(=O)c2ccccc2OCCOc2ccccc2)CC1. The predicted molar refractivity (Wildman–Crippen MR) is 134 cm³/mol. The van der Waals surface area contributed by atoms with Gasteiger partial charge in [-0.15, -0.1) is 0 Å². The first-order valence-corrected chi connectivity index (χ1v) is 11.8. The van der Waals surface area contributed by atoms with Crippen LogP contribution >= 0.6 is 0 Å². The lowest BCUT2D eigenvalue weighted by molar-refractivity contribution is -0.121. The molecule has 3 aromatic carbocycles. The number of hydrogen-bond donors (Lipinski definition) is 1. The molecule has 1 N–H and O–H groups in total. The molecule has 1 fully saturated rings. The molecule has 0 aliphatic carbocycles. The quantitative estimate of drug-likeness (QED) is 0.457. The van der Waals surface area contributed by atoms with Gasteiger partial charge >= 0.3 is 0 Å². The zero-order valence-electron chi connectivity index (χ0n) is 19.8. The highest BCUT2D eigenvalue weighted by molar-refractivity contribution is 5.97. The van der Waals surface area contributed by atoms with Crippen molar-refractivity contribution >= 4 is 17.5 Å². The summed E-state index contributed by atoms with van der Waals surface area (Å²) in [5, 5.41) is 2.96. The van der Waals surface area contributed by atoms with Crippen LogP contribution in [0.15, 0.2) is 78.9 Å². The molecule has 0 saturated carbocycles. The van der Waals surface area contributed by atoms with Crippen molar-refractivity contribution in [2.24, 2.45) is 5.92 Å². The van der Waals surface area contributed by atoms with Crippen LogP contribution in [0, 0.1) is 5.92 Å². The maximum Gasteiger partial charge on any atom is 0.257 e. The van der Waals surface area contributed by atoms with Crippen molar-refractivity contribution in [1.82, 2.24) is 4.90 Å². The van der Waals surface area contributed by atoms with Crippen molar-refractivity contribution in [2.45, 2.75) is 12.8 Å². The molecule has 2 amide bonds. The topological polar surface area (TPSA) is 77.1 Å². The van der Waals surface area contributed by atoms with Crippen molar-refractivity contribution in [2.75, 3.05) is 38.7 Å². The van der Waals surface area contributed by atoms with Crippen LogP contribution in [-0.2, 0) is 4.79 Å². The summed E-state index contributed by atoms with van der Waals surface area (Å²) < 4.78 is 16.9. The molecule has 7 nitrogen and oxygen atoms in total. The summed E-state index contributed by atoms with van der Waals surface area (Å²) in [6, 6.07) is 24.1. The van der Waals surface area contributed by atoms with Crippen LogP contribution in [0.1, 0.15) is 23.2 Å². The first kappa shape index (κ1) is 24.1. The summed E-state index contributed by atoms with van der Waals surface area (Å²) >= 11 is 0. The Hall–Kier alpha value is -4.00. The maximum atomic E-state index is 13.2. The summed E-state index contributed by atoms with van der Waals surface area (Å²) in [6.07, 6.45) is 1.20. The zero-order valence-corrected chi connectivity index (χ0v) is 19.8. The van der Waals surface area contributed by atoms with Gasteiger partial charge in [0.2, 0.25) is 5.91 Å². The molecule has 7 heteroatoms. The fourth-order valence-electron chi connectivity index (χ4n) is 4.09.